The molecular weight excluding hydrogens is 484 g/mol. The Labute approximate surface area is 190 Å². The zero-order chi connectivity index (χ0) is 21.9. The van der Waals surface area contributed by atoms with Crippen molar-refractivity contribution >= 4 is 31.9 Å². The maximum atomic E-state index is 13.4. The number of carbonyl (C=O) groups is 1. The average Bonchev–Trinajstić information content (AvgIpc) is 3.22. The van der Waals surface area contributed by atoms with Gasteiger partial charge in [-0.15, -0.1) is 0 Å². The number of nitrogens with zero attached hydrogens (tertiary/aromatic N) is 1. The molecule has 2 saturated heterocycles. The lowest BCUT2D eigenvalue weighted by molar-refractivity contribution is -0.187. The van der Waals surface area contributed by atoms with E-state index in [1.165, 1.54) is 12.1 Å². The van der Waals surface area contributed by atoms with E-state index in [0.717, 1.165) is 10.0 Å². The van der Waals surface area contributed by atoms with Crippen molar-refractivity contribution < 1.29 is 22.7 Å². The second-order valence-corrected chi connectivity index (χ2v) is 10.4. The number of halogens is 1. The molecule has 0 saturated carbocycles. The van der Waals surface area contributed by atoms with Gasteiger partial charge in [-0.1, -0.05) is 46.3 Å². The van der Waals surface area contributed by atoms with Gasteiger partial charge in [0.1, 0.15) is 6.04 Å². The summed E-state index contributed by atoms with van der Waals surface area (Å²) in [6.45, 7) is 2.06. The van der Waals surface area contributed by atoms with E-state index in [9.17, 15) is 13.2 Å². The van der Waals surface area contributed by atoms with Crippen LogP contribution in [0.3, 0.4) is 0 Å². The molecule has 2 aliphatic rings. The second-order valence-electron chi connectivity index (χ2n) is 7.75. The Morgan fingerprint density at radius 1 is 1.03 bits per heavy atom. The van der Waals surface area contributed by atoms with Crippen LogP contribution in [0.4, 0.5) is 0 Å². The number of amides is 1. The molecule has 0 unspecified atom stereocenters. The summed E-state index contributed by atoms with van der Waals surface area (Å²) in [6.07, 6.45) is 1.43. The molecule has 0 aliphatic carbocycles. The van der Waals surface area contributed by atoms with E-state index in [1.54, 1.807) is 17.0 Å². The van der Waals surface area contributed by atoms with Crippen LogP contribution in [0.15, 0.2) is 64.0 Å². The zero-order valence-electron chi connectivity index (χ0n) is 17.0. The summed E-state index contributed by atoms with van der Waals surface area (Å²) in [5.41, 5.74) is 0.885. The number of sulfonamides is 1. The van der Waals surface area contributed by atoms with Gasteiger partial charge in [0.05, 0.1) is 18.1 Å². The van der Waals surface area contributed by atoms with Crippen LogP contribution in [-0.2, 0) is 30.7 Å². The topological polar surface area (TPSA) is 84.9 Å². The Kier molecular flexibility index (Phi) is 6.78. The molecule has 4 rings (SSSR count). The van der Waals surface area contributed by atoms with Crippen molar-refractivity contribution in [3.8, 4) is 0 Å². The minimum Gasteiger partial charge on any atom is -0.347 e. The maximum absolute atomic E-state index is 13.4. The first kappa shape index (κ1) is 22.4. The Hall–Kier alpha value is -1.78. The summed E-state index contributed by atoms with van der Waals surface area (Å²) >= 11 is 3.31. The highest BCUT2D eigenvalue weighted by Gasteiger charge is 2.42. The summed E-state index contributed by atoms with van der Waals surface area (Å²) in [5.74, 6) is -0.833. The van der Waals surface area contributed by atoms with Crippen molar-refractivity contribution in [1.82, 2.24) is 9.62 Å². The smallest absolute Gasteiger partial charge is 0.241 e. The second kappa shape index (κ2) is 9.38. The number of likely N-dealkylation sites (tertiary alicyclic amines) is 1. The van der Waals surface area contributed by atoms with Gasteiger partial charge >= 0.3 is 0 Å². The van der Waals surface area contributed by atoms with Crippen molar-refractivity contribution in [2.75, 3.05) is 26.3 Å². The van der Waals surface area contributed by atoms with E-state index in [0.29, 0.717) is 39.1 Å². The number of rotatable bonds is 6. The molecule has 2 heterocycles. The lowest BCUT2D eigenvalue weighted by Crippen LogP contribution is -2.54. The molecule has 166 valence electrons. The van der Waals surface area contributed by atoms with Crippen LogP contribution in [0.2, 0.25) is 0 Å². The summed E-state index contributed by atoms with van der Waals surface area (Å²) in [5, 5.41) is 0. The molecule has 0 aromatic heterocycles. The predicted octanol–water partition coefficient (Wildman–Crippen LogP) is 2.70. The SMILES string of the molecule is O=C([C@@H](Cc1ccccc1)NS(=O)(=O)c1ccc(Br)cc1)N1CCC2(CC1)OCCO2. The highest BCUT2D eigenvalue weighted by Crippen LogP contribution is 2.31. The summed E-state index contributed by atoms with van der Waals surface area (Å²) in [7, 11) is -3.87. The number of nitrogens with one attached hydrogen (secondary N) is 1. The van der Waals surface area contributed by atoms with Crippen molar-refractivity contribution in [3.05, 3.63) is 64.6 Å². The molecule has 2 fully saturated rings. The fraction of sp³-hybridized carbons (Fsp3) is 0.409. The quantitative estimate of drug-likeness (QED) is 0.648. The third-order valence-corrected chi connectivity index (χ3v) is 7.67. The van der Waals surface area contributed by atoms with E-state index in [-0.39, 0.29) is 17.2 Å². The molecule has 1 spiro atoms. The van der Waals surface area contributed by atoms with Gasteiger partial charge in [-0.3, -0.25) is 4.79 Å². The molecule has 9 heteroatoms. The Morgan fingerprint density at radius 3 is 2.26 bits per heavy atom. The van der Waals surface area contributed by atoms with Crippen molar-refractivity contribution in [2.24, 2.45) is 0 Å². The first-order valence-electron chi connectivity index (χ1n) is 10.3. The summed E-state index contributed by atoms with van der Waals surface area (Å²) < 4.78 is 40.9. The van der Waals surface area contributed by atoms with E-state index >= 15 is 0 Å². The van der Waals surface area contributed by atoms with Crippen LogP contribution in [0.25, 0.3) is 0 Å². The molecule has 1 atom stereocenters. The molecule has 2 aliphatic heterocycles. The first-order valence-corrected chi connectivity index (χ1v) is 12.5. The number of carbonyl (C=O) groups excluding carboxylic acids is 1. The van der Waals surface area contributed by atoms with Crippen molar-refractivity contribution in [2.45, 2.75) is 36.0 Å². The molecule has 2 aromatic rings. The van der Waals surface area contributed by atoms with Gasteiger partial charge in [0.25, 0.3) is 0 Å². The van der Waals surface area contributed by atoms with Crippen LogP contribution in [0, 0.1) is 0 Å². The fourth-order valence-electron chi connectivity index (χ4n) is 3.97. The number of benzene rings is 2. The number of hydrogen-bond acceptors (Lipinski definition) is 5. The van der Waals surface area contributed by atoms with E-state index in [2.05, 4.69) is 20.7 Å². The minimum atomic E-state index is -3.87. The molecule has 1 N–H and O–H groups in total. The van der Waals surface area contributed by atoms with Crippen LogP contribution in [0.1, 0.15) is 18.4 Å². The van der Waals surface area contributed by atoms with Gasteiger partial charge < -0.3 is 14.4 Å². The molecule has 2 aromatic carbocycles. The molecule has 0 bridgehead atoms. The van der Waals surface area contributed by atoms with E-state index < -0.39 is 21.9 Å². The molecule has 31 heavy (non-hydrogen) atoms. The largest absolute Gasteiger partial charge is 0.347 e. The highest BCUT2D eigenvalue weighted by atomic mass is 79.9. The van der Waals surface area contributed by atoms with Crippen molar-refractivity contribution in [1.29, 1.82) is 0 Å². The normalized spacial score (nSPS) is 19.5. The Morgan fingerprint density at radius 2 is 1.65 bits per heavy atom. The van der Waals surface area contributed by atoms with Gasteiger partial charge in [0.15, 0.2) is 5.79 Å². The maximum Gasteiger partial charge on any atom is 0.241 e. The van der Waals surface area contributed by atoms with E-state index in [1.807, 2.05) is 30.3 Å². The lowest BCUT2D eigenvalue weighted by atomic mass is 10.0. The first-order chi connectivity index (χ1) is 14.9. The van der Waals surface area contributed by atoms with Crippen LogP contribution < -0.4 is 4.72 Å². The third kappa shape index (κ3) is 5.35. The summed E-state index contributed by atoms with van der Waals surface area (Å²) in [4.78, 5) is 15.2. The van der Waals surface area contributed by atoms with Gasteiger partial charge in [0, 0.05) is 30.4 Å². The van der Waals surface area contributed by atoms with Crippen molar-refractivity contribution in [3.63, 3.8) is 0 Å². The molecule has 0 radical (unpaired) electrons. The number of piperidine rings is 1. The number of hydrogen-bond donors (Lipinski definition) is 1. The Balaban J connectivity index is 1.52. The van der Waals surface area contributed by atoms with Gasteiger partial charge in [0.2, 0.25) is 15.9 Å². The predicted molar refractivity (Wildman–Crippen MR) is 119 cm³/mol. The van der Waals surface area contributed by atoms with Gasteiger partial charge in [-0.05, 0) is 36.2 Å². The minimum absolute atomic E-state index is 0.118. The van der Waals surface area contributed by atoms with Gasteiger partial charge in [-0.25, -0.2) is 8.42 Å². The van der Waals surface area contributed by atoms with E-state index in [4.69, 9.17) is 9.47 Å². The zero-order valence-corrected chi connectivity index (χ0v) is 19.4. The van der Waals surface area contributed by atoms with Crippen LogP contribution in [0.5, 0.6) is 0 Å². The van der Waals surface area contributed by atoms with Crippen LogP contribution in [-0.4, -0.2) is 57.4 Å². The molecular formula is C22H25BrN2O5S. The third-order valence-electron chi connectivity index (χ3n) is 5.65. The van der Waals surface area contributed by atoms with Crippen LogP contribution >= 0.6 is 15.9 Å². The monoisotopic (exact) mass is 508 g/mol. The number of ether oxygens (including phenoxy) is 2. The molecule has 1 amide bonds. The average molecular weight is 509 g/mol. The highest BCUT2D eigenvalue weighted by molar-refractivity contribution is 9.10. The molecule has 7 nitrogen and oxygen atoms in total. The Bertz CT molecular complexity index is 998. The fourth-order valence-corrected chi connectivity index (χ4v) is 5.43. The van der Waals surface area contributed by atoms with Gasteiger partial charge in [-0.2, -0.15) is 4.72 Å². The summed E-state index contributed by atoms with van der Waals surface area (Å²) in [6, 6.07) is 14.8. The lowest BCUT2D eigenvalue weighted by Gasteiger charge is -2.38. The standard InChI is InChI=1S/C22H25BrN2O5S/c23-18-6-8-19(9-7-18)31(27,28)24-20(16-17-4-2-1-3-5-17)21(26)25-12-10-22(11-13-25)29-14-15-30-22/h1-9,20,24H,10-16H2/t20-/m1/s1.